The molecule has 1 aliphatic rings. The standard InChI is InChI=1S/C5H10NO/c1-4(7)5-2-6-3-5/h4-7H,1-3H2. The first kappa shape index (κ1) is 5.06. The van der Waals surface area contributed by atoms with Crippen LogP contribution in [0.5, 0.6) is 0 Å². The second kappa shape index (κ2) is 1.80. The zero-order chi connectivity index (χ0) is 5.28. The van der Waals surface area contributed by atoms with Crippen LogP contribution in [0, 0.1) is 12.8 Å². The highest BCUT2D eigenvalue weighted by molar-refractivity contribution is 4.81. The Hall–Kier alpha value is -0.0800. The van der Waals surface area contributed by atoms with Crippen LogP contribution in [-0.2, 0) is 0 Å². The molecule has 1 unspecified atom stereocenters. The largest absolute Gasteiger partial charge is 0.393 e. The van der Waals surface area contributed by atoms with Crippen molar-refractivity contribution >= 4 is 0 Å². The van der Waals surface area contributed by atoms with Gasteiger partial charge in [-0.1, -0.05) is 0 Å². The molecule has 2 heteroatoms. The Labute approximate surface area is 43.5 Å². The highest BCUT2D eigenvalue weighted by Crippen LogP contribution is 2.06. The third kappa shape index (κ3) is 0.924. The van der Waals surface area contributed by atoms with Gasteiger partial charge in [0.15, 0.2) is 0 Å². The molecule has 1 fully saturated rings. The van der Waals surface area contributed by atoms with Gasteiger partial charge in [0.25, 0.3) is 0 Å². The molecule has 1 radical (unpaired) electrons. The van der Waals surface area contributed by atoms with Crippen molar-refractivity contribution in [2.24, 2.45) is 5.92 Å². The van der Waals surface area contributed by atoms with Crippen LogP contribution < -0.4 is 5.32 Å². The Morgan fingerprint density at radius 1 is 1.71 bits per heavy atom. The fraction of sp³-hybridized carbons (Fsp3) is 0.800. The SMILES string of the molecule is [CH2]C(O)C1CNC1. The van der Waals surface area contributed by atoms with Crippen molar-refractivity contribution in [1.29, 1.82) is 0 Å². The summed E-state index contributed by atoms with van der Waals surface area (Å²) in [6.07, 6.45) is -0.360. The van der Waals surface area contributed by atoms with Gasteiger partial charge in [-0.3, -0.25) is 0 Å². The third-order valence-corrected chi connectivity index (χ3v) is 1.36. The second-order valence-electron chi connectivity index (χ2n) is 1.99. The summed E-state index contributed by atoms with van der Waals surface area (Å²) in [7, 11) is 0. The Balaban J connectivity index is 2.14. The molecule has 0 aromatic heterocycles. The summed E-state index contributed by atoms with van der Waals surface area (Å²) >= 11 is 0. The molecule has 1 heterocycles. The molecule has 0 spiro atoms. The van der Waals surface area contributed by atoms with Crippen LogP contribution in [0.4, 0.5) is 0 Å². The van der Waals surface area contributed by atoms with Crippen LogP contribution in [0.15, 0.2) is 0 Å². The smallest absolute Gasteiger partial charge is 0.0593 e. The summed E-state index contributed by atoms with van der Waals surface area (Å²) in [5.41, 5.74) is 0. The normalized spacial score (nSPS) is 26.6. The van der Waals surface area contributed by atoms with E-state index < -0.39 is 0 Å². The molecule has 0 saturated carbocycles. The maximum atomic E-state index is 8.72. The van der Waals surface area contributed by atoms with Gasteiger partial charge in [0.1, 0.15) is 0 Å². The van der Waals surface area contributed by atoms with E-state index in [-0.39, 0.29) is 6.10 Å². The van der Waals surface area contributed by atoms with Gasteiger partial charge in [-0.2, -0.15) is 0 Å². The van der Waals surface area contributed by atoms with E-state index in [9.17, 15) is 0 Å². The lowest BCUT2D eigenvalue weighted by Crippen LogP contribution is -2.47. The molecule has 0 bridgehead atoms. The zero-order valence-electron chi connectivity index (χ0n) is 4.22. The number of aliphatic hydroxyl groups is 1. The van der Waals surface area contributed by atoms with Gasteiger partial charge < -0.3 is 10.4 Å². The van der Waals surface area contributed by atoms with E-state index in [1.807, 2.05) is 0 Å². The average molecular weight is 100 g/mol. The summed E-state index contributed by atoms with van der Waals surface area (Å²) in [5, 5.41) is 11.8. The number of aliphatic hydroxyl groups excluding tert-OH is 1. The zero-order valence-corrected chi connectivity index (χ0v) is 4.22. The quantitative estimate of drug-likeness (QED) is 0.461. The summed E-state index contributed by atoms with van der Waals surface area (Å²) in [6.45, 7) is 5.35. The van der Waals surface area contributed by atoms with Crippen molar-refractivity contribution in [2.45, 2.75) is 6.10 Å². The monoisotopic (exact) mass is 100 g/mol. The molecule has 0 aromatic rings. The molecule has 7 heavy (non-hydrogen) atoms. The predicted molar refractivity (Wildman–Crippen MR) is 27.7 cm³/mol. The molecular weight excluding hydrogens is 90.1 g/mol. The van der Waals surface area contributed by atoms with Crippen LogP contribution in [0.3, 0.4) is 0 Å². The molecule has 1 atom stereocenters. The summed E-state index contributed by atoms with van der Waals surface area (Å²) < 4.78 is 0. The minimum Gasteiger partial charge on any atom is -0.393 e. The lowest BCUT2D eigenvalue weighted by atomic mass is 9.98. The summed E-state index contributed by atoms with van der Waals surface area (Å²) in [5.74, 6) is 0.417. The molecule has 1 saturated heterocycles. The van der Waals surface area contributed by atoms with E-state index in [0.717, 1.165) is 13.1 Å². The molecule has 1 aliphatic heterocycles. The highest BCUT2D eigenvalue weighted by atomic mass is 16.3. The second-order valence-corrected chi connectivity index (χ2v) is 1.99. The highest BCUT2D eigenvalue weighted by Gasteiger charge is 2.20. The maximum absolute atomic E-state index is 8.72. The molecular formula is C5H10NO. The predicted octanol–water partition coefficient (Wildman–Crippen LogP) is -0.599. The van der Waals surface area contributed by atoms with Gasteiger partial charge in [-0.25, -0.2) is 0 Å². The Bertz CT molecular complexity index is 59.1. The molecule has 0 amide bonds. The van der Waals surface area contributed by atoms with E-state index in [2.05, 4.69) is 12.2 Å². The molecule has 2 nitrogen and oxygen atoms in total. The maximum Gasteiger partial charge on any atom is 0.0593 e. The minimum atomic E-state index is -0.360. The fourth-order valence-electron chi connectivity index (χ4n) is 0.583. The fourth-order valence-corrected chi connectivity index (χ4v) is 0.583. The number of hydrogen-bond acceptors (Lipinski definition) is 2. The number of hydrogen-bond donors (Lipinski definition) is 2. The molecule has 2 N–H and O–H groups in total. The van der Waals surface area contributed by atoms with Gasteiger partial charge in [-0.15, -0.1) is 0 Å². The average Bonchev–Trinajstić information content (AvgIpc) is 1.23. The van der Waals surface area contributed by atoms with E-state index in [0.29, 0.717) is 5.92 Å². The Kier molecular flexibility index (Phi) is 1.30. The summed E-state index contributed by atoms with van der Waals surface area (Å²) in [4.78, 5) is 0. The van der Waals surface area contributed by atoms with Crippen molar-refractivity contribution in [3.63, 3.8) is 0 Å². The van der Waals surface area contributed by atoms with Crippen LogP contribution in [0.2, 0.25) is 0 Å². The van der Waals surface area contributed by atoms with Gasteiger partial charge in [-0.05, 0) is 6.92 Å². The molecule has 41 valence electrons. The molecule has 0 aliphatic carbocycles. The lowest BCUT2D eigenvalue weighted by Gasteiger charge is -2.29. The van der Waals surface area contributed by atoms with Crippen LogP contribution in [-0.4, -0.2) is 24.3 Å². The van der Waals surface area contributed by atoms with Gasteiger partial charge in [0.05, 0.1) is 6.10 Å². The third-order valence-electron chi connectivity index (χ3n) is 1.36. The van der Waals surface area contributed by atoms with Gasteiger partial charge in [0, 0.05) is 19.0 Å². The van der Waals surface area contributed by atoms with Gasteiger partial charge in [0.2, 0.25) is 0 Å². The number of rotatable bonds is 1. The van der Waals surface area contributed by atoms with Crippen molar-refractivity contribution in [3.05, 3.63) is 6.92 Å². The minimum absolute atomic E-state index is 0.360. The first-order valence-electron chi connectivity index (χ1n) is 2.52. The van der Waals surface area contributed by atoms with Crippen LogP contribution in [0.1, 0.15) is 0 Å². The van der Waals surface area contributed by atoms with Crippen LogP contribution in [0.25, 0.3) is 0 Å². The van der Waals surface area contributed by atoms with Crippen LogP contribution >= 0.6 is 0 Å². The van der Waals surface area contributed by atoms with E-state index in [1.165, 1.54) is 0 Å². The van der Waals surface area contributed by atoms with Crippen molar-refractivity contribution in [3.8, 4) is 0 Å². The van der Waals surface area contributed by atoms with Gasteiger partial charge >= 0.3 is 0 Å². The van der Waals surface area contributed by atoms with Crippen molar-refractivity contribution < 1.29 is 5.11 Å². The molecule has 1 rings (SSSR count). The topological polar surface area (TPSA) is 32.3 Å². The van der Waals surface area contributed by atoms with E-state index in [1.54, 1.807) is 0 Å². The Morgan fingerprint density at radius 3 is 2.29 bits per heavy atom. The molecule has 0 aromatic carbocycles. The number of nitrogens with one attached hydrogen (secondary N) is 1. The first-order chi connectivity index (χ1) is 3.30. The van der Waals surface area contributed by atoms with E-state index in [4.69, 9.17) is 5.11 Å². The van der Waals surface area contributed by atoms with Crippen molar-refractivity contribution in [1.82, 2.24) is 5.32 Å². The lowest BCUT2D eigenvalue weighted by molar-refractivity contribution is 0.114. The summed E-state index contributed by atoms with van der Waals surface area (Å²) in [6, 6.07) is 0. The first-order valence-corrected chi connectivity index (χ1v) is 2.52. The Morgan fingerprint density at radius 2 is 2.29 bits per heavy atom. The van der Waals surface area contributed by atoms with Crippen molar-refractivity contribution in [2.75, 3.05) is 13.1 Å². The van der Waals surface area contributed by atoms with E-state index >= 15 is 0 Å².